The molecule has 37 heavy (non-hydrogen) atoms. The zero-order valence-corrected chi connectivity index (χ0v) is 24.3. The first-order valence-electron chi connectivity index (χ1n) is 13.1. The van der Waals surface area contributed by atoms with Crippen LogP contribution in [0.15, 0.2) is 78.9 Å². The van der Waals surface area contributed by atoms with E-state index in [1.807, 2.05) is 42.5 Å². The molecule has 0 aliphatic rings. The van der Waals surface area contributed by atoms with E-state index in [4.69, 9.17) is 9.16 Å². The molecule has 0 amide bonds. The highest BCUT2D eigenvalue weighted by Gasteiger charge is 2.38. The Morgan fingerprint density at radius 3 is 2.16 bits per heavy atom. The standard InChI is InChI=1S/C32H40FNO2Si/c1-31(2,3)37(6,7)36-21-20-32(4,5)30-22-27-28(34(30)26-18-16-25(33)17-19-26)14-11-15-29(27)35-23-24-12-9-8-10-13-24/h8-19,22H,20-21,23H2,1-7H3. The second-order valence-corrected chi connectivity index (χ2v) is 16.9. The molecule has 0 aliphatic carbocycles. The normalized spacial score (nSPS) is 12.8. The minimum atomic E-state index is -1.84. The van der Waals surface area contributed by atoms with Crippen molar-refractivity contribution in [2.45, 2.75) is 71.2 Å². The summed E-state index contributed by atoms with van der Waals surface area (Å²) in [6.07, 6.45) is 0.872. The molecule has 4 aromatic rings. The molecule has 4 rings (SSSR count). The summed E-state index contributed by atoms with van der Waals surface area (Å²) in [6.45, 7) is 17.1. The van der Waals surface area contributed by atoms with Gasteiger partial charge in [0, 0.05) is 28.8 Å². The summed E-state index contributed by atoms with van der Waals surface area (Å²) in [5.74, 6) is 0.604. The van der Waals surface area contributed by atoms with Gasteiger partial charge in [0.2, 0.25) is 0 Å². The van der Waals surface area contributed by atoms with E-state index in [0.29, 0.717) is 13.2 Å². The molecule has 0 radical (unpaired) electrons. The van der Waals surface area contributed by atoms with Gasteiger partial charge in [-0.15, -0.1) is 0 Å². The summed E-state index contributed by atoms with van der Waals surface area (Å²) in [6, 6.07) is 25.3. The van der Waals surface area contributed by atoms with Crippen LogP contribution >= 0.6 is 0 Å². The van der Waals surface area contributed by atoms with Crippen LogP contribution < -0.4 is 4.74 Å². The van der Waals surface area contributed by atoms with Gasteiger partial charge >= 0.3 is 0 Å². The van der Waals surface area contributed by atoms with Crippen LogP contribution in [0.25, 0.3) is 16.6 Å². The van der Waals surface area contributed by atoms with Gasteiger partial charge in [0.25, 0.3) is 0 Å². The second kappa shape index (κ2) is 10.5. The van der Waals surface area contributed by atoms with Crippen LogP contribution in [0.5, 0.6) is 5.75 Å². The van der Waals surface area contributed by atoms with E-state index < -0.39 is 8.32 Å². The maximum Gasteiger partial charge on any atom is 0.191 e. The first-order valence-corrected chi connectivity index (χ1v) is 16.0. The second-order valence-electron chi connectivity index (χ2n) is 12.0. The molecule has 1 heterocycles. The maximum atomic E-state index is 13.8. The van der Waals surface area contributed by atoms with E-state index >= 15 is 0 Å². The van der Waals surface area contributed by atoms with Crippen molar-refractivity contribution >= 4 is 19.2 Å². The number of aromatic nitrogens is 1. The molecule has 3 aromatic carbocycles. The summed E-state index contributed by atoms with van der Waals surface area (Å²) in [5.41, 5.74) is 4.08. The van der Waals surface area contributed by atoms with Gasteiger partial charge in [0.1, 0.15) is 18.2 Å². The lowest BCUT2D eigenvalue weighted by Crippen LogP contribution is -2.41. The van der Waals surface area contributed by atoms with Crippen molar-refractivity contribution in [2.75, 3.05) is 6.61 Å². The number of ether oxygens (including phenoxy) is 1. The summed E-state index contributed by atoms with van der Waals surface area (Å²) in [7, 11) is -1.84. The smallest absolute Gasteiger partial charge is 0.191 e. The van der Waals surface area contributed by atoms with E-state index in [9.17, 15) is 4.39 Å². The van der Waals surface area contributed by atoms with E-state index in [-0.39, 0.29) is 16.3 Å². The Kier molecular flexibility index (Phi) is 7.68. The van der Waals surface area contributed by atoms with Gasteiger partial charge in [0.05, 0.1) is 5.52 Å². The molecule has 1 aromatic heterocycles. The predicted molar refractivity (Wildman–Crippen MR) is 155 cm³/mol. The minimum Gasteiger partial charge on any atom is -0.488 e. The first-order chi connectivity index (χ1) is 17.4. The van der Waals surface area contributed by atoms with Gasteiger partial charge in [-0.25, -0.2) is 4.39 Å². The summed E-state index contributed by atoms with van der Waals surface area (Å²) >= 11 is 0. The van der Waals surface area contributed by atoms with Crippen LogP contribution in [0.4, 0.5) is 4.39 Å². The largest absolute Gasteiger partial charge is 0.488 e. The Hall–Kier alpha value is -2.89. The molecule has 0 saturated carbocycles. The van der Waals surface area contributed by atoms with E-state index in [2.05, 4.69) is 76.5 Å². The van der Waals surface area contributed by atoms with Crippen molar-refractivity contribution in [3.8, 4) is 11.4 Å². The highest BCUT2D eigenvalue weighted by Crippen LogP contribution is 2.40. The molecule has 3 nitrogen and oxygen atoms in total. The predicted octanol–water partition coefficient (Wildman–Crippen LogP) is 9.04. The third-order valence-corrected chi connectivity index (χ3v) is 12.4. The van der Waals surface area contributed by atoms with Gasteiger partial charge < -0.3 is 13.7 Å². The molecule has 0 unspecified atom stereocenters. The lowest BCUT2D eigenvalue weighted by molar-refractivity contribution is 0.248. The molecular formula is C32H40FNO2Si. The van der Waals surface area contributed by atoms with Crippen molar-refractivity contribution < 1.29 is 13.6 Å². The van der Waals surface area contributed by atoms with Crippen molar-refractivity contribution in [1.82, 2.24) is 4.57 Å². The van der Waals surface area contributed by atoms with E-state index in [0.717, 1.165) is 40.0 Å². The fourth-order valence-electron chi connectivity index (χ4n) is 4.34. The summed E-state index contributed by atoms with van der Waals surface area (Å²) < 4.78 is 28.9. The zero-order valence-electron chi connectivity index (χ0n) is 23.3. The fourth-order valence-corrected chi connectivity index (χ4v) is 5.38. The first kappa shape index (κ1) is 27.1. The Morgan fingerprint density at radius 1 is 0.838 bits per heavy atom. The zero-order chi connectivity index (χ0) is 26.8. The monoisotopic (exact) mass is 517 g/mol. The van der Waals surface area contributed by atoms with Crippen LogP contribution in [0, 0.1) is 5.82 Å². The quantitative estimate of drug-likeness (QED) is 0.207. The summed E-state index contributed by atoms with van der Waals surface area (Å²) in [5, 5.41) is 1.22. The van der Waals surface area contributed by atoms with E-state index in [1.165, 1.54) is 12.1 Å². The van der Waals surface area contributed by atoms with Crippen molar-refractivity contribution in [2.24, 2.45) is 0 Å². The van der Waals surface area contributed by atoms with Gasteiger partial charge in [-0.1, -0.05) is 71.0 Å². The lowest BCUT2D eigenvalue weighted by atomic mass is 9.85. The molecule has 5 heteroatoms. The molecular weight excluding hydrogens is 477 g/mol. The van der Waals surface area contributed by atoms with Gasteiger partial charge in [-0.3, -0.25) is 0 Å². The molecule has 0 N–H and O–H groups in total. The molecule has 0 bridgehead atoms. The number of rotatable bonds is 9. The maximum absolute atomic E-state index is 13.8. The molecule has 196 valence electrons. The SMILES string of the molecule is CC(C)(CCO[Si](C)(C)C(C)(C)C)c1cc2c(OCc3ccccc3)cccc2n1-c1ccc(F)cc1. The number of hydrogen-bond donors (Lipinski definition) is 0. The van der Waals surface area contributed by atoms with Gasteiger partial charge in [0.15, 0.2) is 8.32 Å². The van der Waals surface area contributed by atoms with E-state index in [1.54, 1.807) is 0 Å². The third-order valence-electron chi connectivity index (χ3n) is 7.82. The van der Waals surface area contributed by atoms with Crippen LogP contribution in [-0.2, 0) is 16.4 Å². The Bertz CT molecular complexity index is 1340. The topological polar surface area (TPSA) is 23.4 Å². The Labute approximate surface area is 222 Å². The van der Waals surface area contributed by atoms with Crippen LogP contribution in [0.2, 0.25) is 18.1 Å². The Balaban J connectivity index is 1.72. The van der Waals surface area contributed by atoms with Crippen molar-refractivity contribution in [3.05, 3.63) is 95.9 Å². The highest BCUT2D eigenvalue weighted by molar-refractivity contribution is 6.74. The molecule has 0 spiro atoms. The number of halogens is 1. The van der Waals surface area contributed by atoms with Crippen LogP contribution in [0.1, 0.15) is 52.3 Å². The average Bonchev–Trinajstić information content (AvgIpc) is 3.24. The highest BCUT2D eigenvalue weighted by atomic mass is 28.4. The van der Waals surface area contributed by atoms with Gasteiger partial charge in [-0.05, 0) is 72.6 Å². The molecule has 0 atom stereocenters. The van der Waals surface area contributed by atoms with Crippen molar-refractivity contribution in [1.29, 1.82) is 0 Å². The fraction of sp³-hybridized carbons (Fsp3) is 0.375. The Morgan fingerprint density at radius 2 is 1.51 bits per heavy atom. The molecule has 0 aliphatic heterocycles. The number of benzene rings is 3. The van der Waals surface area contributed by atoms with Crippen molar-refractivity contribution in [3.63, 3.8) is 0 Å². The van der Waals surface area contributed by atoms with Crippen LogP contribution in [0.3, 0.4) is 0 Å². The number of fused-ring (bicyclic) bond motifs is 1. The third kappa shape index (κ3) is 5.99. The molecule has 0 fully saturated rings. The lowest BCUT2D eigenvalue weighted by Gasteiger charge is -2.37. The van der Waals surface area contributed by atoms with Gasteiger partial charge in [-0.2, -0.15) is 0 Å². The molecule has 0 saturated heterocycles. The number of nitrogens with zero attached hydrogens (tertiary/aromatic N) is 1. The minimum absolute atomic E-state index is 0.172. The average molecular weight is 518 g/mol. The number of hydrogen-bond acceptors (Lipinski definition) is 2. The summed E-state index contributed by atoms with van der Waals surface area (Å²) in [4.78, 5) is 0. The van der Waals surface area contributed by atoms with Crippen LogP contribution in [-0.4, -0.2) is 19.5 Å².